The van der Waals surface area contributed by atoms with E-state index in [4.69, 9.17) is 20.2 Å². The molecule has 0 aliphatic rings. The Kier molecular flexibility index (Phi) is 9.05. The van der Waals surface area contributed by atoms with Gasteiger partial charge in [-0.15, -0.1) is 0 Å². The summed E-state index contributed by atoms with van der Waals surface area (Å²) in [6.45, 7) is 10.4. The molecule has 0 saturated heterocycles. The van der Waals surface area contributed by atoms with Crippen molar-refractivity contribution in [3.8, 4) is 22.4 Å². The highest BCUT2D eigenvalue weighted by atomic mass is 16.6. The number of amides is 1. The Balaban J connectivity index is 2.20. The third-order valence-electron chi connectivity index (χ3n) is 5.73. The van der Waals surface area contributed by atoms with Gasteiger partial charge < -0.3 is 20.5 Å². The summed E-state index contributed by atoms with van der Waals surface area (Å²) in [5.74, 6) is -0.112. The topological polar surface area (TPSA) is 104 Å². The molecule has 1 amide bonds. The van der Waals surface area contributed by atoms with Crippen molar-refractivity contribution in [2.45, 2.75) is 59.7 Å². The van der Waals surface area contributed by atoms with Crippen molar-refractivity contribution < 1.29 is 19.1 Å². The van der Waals surface area contributed by atoms with Gasteiger partial charge in [0.2, 0.25) is 0 Å². The number of benzene rings is 2. The molecule has 0 atom stereocenters. The van der Waals surface area contributed by atoms with Crippen LogP contribution in [-0.2, 0) is 29.0 Å². The molecule has 0 bridgehead atoms. The maximum atomic E-state index is 12.5. The number of esters is 1. The van der Waals surface area contributed by atoms with Crippen LogP contribution in [0.5, 0.6) is 0 Å². The normalized spacial score (nSPS) is 11.4. The van der Waals surface area contributed by atoms with Gasteiger partial charge in [-0.25, -0.2) is 9.59 Å². The number of methoxy groups -OCH3 is 1. The lowest BCUT2D eigenvalue weighted by Gasteiger charge is -2.22. The number of nitrogens with zero attached hydrogens (tertiary/aromatic N) is 1. The molecule has 1 heterocycles. The van der Waals surface area contributed by atoms with Crippen molar-refractivity contribution in [3.63, 3.8) is 0 Å². The fourth-order valence-corrected chi connectivity index (χ4v) is 4.06. The van der Waals surface area contributed by atoms with Gasteiger partial charge >= 0.3 is 12.1 Å². The van der Waals surface area contributed by atoms with Gasteiger partial charge in [-0.2, -0.15) is 0 Å². The van der Waals surface area contributed by atoms with Gasteiger partial charge in [0.15, 0.2) is 0 Å². The quantitative estimate of drug-likeness (QED) is 0.372. The monoisotopic (exact) mass is 503 g/mol. The van der Waals surface area contributed by atoms with Gasteiger partial charge in [-0.3, -0.25) is 4.98 Å². The molecule has 0 fully saturated rings. The van der Waals surface area contributed by atoms with Crippen molar-refractivity contribution in [1.82, 2.24) is 10.3 Å². The molecule has 0 radical (unpaired) electrons. The summed E-state index contributed by atoms with van der Waals surface area (Å²) in [5, 5.41) is 2.90. The smallest absolute Gasteiger partial charge is 0.407 e. The highest BCUT2D eigenvalue weighted by Crippen LogP contribution is 2.33. The zero-order valence-electron chi connectivity index (χ0n) is 22.6. The molecule has 7 nitrogen and oxygen atoms in total. The molecule has 196 valence electrons. The molecule has 7 heteroatoms. The Labute approximate surface area is 219 Å². The fraction of sp³-hybridized carbons (Fsp3) is 0.367. The molecule has 0 saturated carbocycles. The molecule has 0 spiro atoms. The van der Waals surface area contributed by atoms with E-state index in [9.17, 15) is 9.59 Å². The maximum absolute atomic E-state index is 12.5. The molecule has 3 rings (SSSR count). The standard InChI is InChI=1S/C30H37N3O4/c1-19(2)15-26-25(18-32-29(35)37-30(3,4)5)24(21-13-11-20(17-31)12-14-21)16-27(33-26)22-9-7-8-10-23(22)28(34)36-6/h7-14,16,19H,15,17-18,31H2,1-6H3,(H,32,35). The second-order valence-electron chi connectivity index (χ2n) is 10.4. The van der Waals surface area contributed by atoms with Crippen LogP contribution < -0.4 is 11.1 Å². The minimum Gasteiger partial charge on any atom is -0.465 e. The molecule has 1 aromatic heterocycles. The van der Waals surface area contributed by atoms with Crippen LogP contribution in [0, 0.1) is 5.92 Å². The Hall–Kier alpha value is -3.71. The summed E-state index contributed by atoms with van der Waals surface area (Å²) in [7, 11) is 1.37. The number of ether oxygens (including phenoxy) is 2. The summed E-state index contributed by atoms with van der Waals surface area (Å²) in [6.07, 6.45) is 0.195. The lowest BCUT2D eigenvalue weighted by atomic mass is 9.92. The number of alkyl carbamates (subject to hydrolysis) is 1. The van der Waals surface area contributed by atoms with E-state index >= 15 is 0 Å². The van der Waals surface area contributed by atoms with Crippen molar-refractivity contribution >= 4 is 12.1 Å². The number of nitrogens with two attached hydrogens (primary N) is 1. The number of hydrogen-bond donors (Lipinski definition) is 2. The van der Waals surface area contributed by atoms with Gasteiger partial charge in [0.05, 0.1) is 18.4 Å². The summed E-state index contributed by atoms with van der Waals surface area (Å²) in [4.78, 5) is 30.1. The van der Waals surface area contributed by atoms with E-state index in [1.165, 1.54) is 7.11 Å². The molecular weight excluding hydrogens is 466 g/mol. The number of hydrogen-bond acceptors (Lipinski definition) is 6. The first-order chi connectivity index (χ1) is 17.5. The van der Waals surface area contributed by atoms with Gasteiger partial charge in [-0.1, -0.05) is 56.3 Å². The van der Waals surface area contributed by atoms with Crippen LogP contribution in [0.4, 0.5) is 4.79 Å². The molecule has 3 N–H and O–H groups in total. The average Bonchev–Trinajstić information content (AvgIpc) is 2.85. The van der Waals surface area contributed by atoms with Crippen molar-refractivity contribution in [2.24, 2.45) is 11.7 Å². The fourth-order valence-electron chi connectivity index (χ4n) is 4.06. The second-order valence-corrected chi connectivity index (χ2v) is 10.4. The first-order valence-corrected chi connectivity index (χ1v) is 12.5. The van der Waals surface area contributed by atoms with E-state index in [1.54, 1.807) is 12.1 Å². The SMILES string of the molecule is COC(=O)c1ccccc1-c1cc(-c2ccc(CN)cc2)c(CNC(=O)OC(C)(C)C)c(CC(C)C)n1. The zero-order valence-corrected chi connectivity index (χ0v) is 22.6. The predicted molar refractivity (Wildman–Crippen MR) is 146 cm³/mol. The summed E-state index contributed by atoms with van der Waals surface area (Å²) in [5.41, 5.74) is 11.7. The van der Waals surface area contributed by atoms with E-state index in [-0.39, 0.29) is 6.54 Å². The number of pyridine rings is 1. The molecule has 37 heavy (non-hydrogen) atoms. The summed E-state index contributed by atoms with van der Waals surface area (Å²) in [6, 6.07) is 17.3. The molecule has 0 aliphatic carbocycles. The lowest BCUT2D eigenvalue weighted by Crippen LogP contribution is -2.32. The largest absolute Gasteiger partial charge is 0.465 e. The van der Waals surface area contributed by atoms with Gasteiger partial charge in [0.1, 0.15) is 5.60 Å². The van der Waals surface area contributed by atoms with E-state index < -0.39 is 17.7 Å². The van der Waals surface area contributed by atoms with Crippen molar-refractivity contribution in [3.05, 3.63) is 77.0 Å². The van der Waals surface area contributed by atoms with Gasteiger partial charge in [0, 0.05) is 29.9 Å². The lowest BCUT2D eigenvalue weighted by molar-refractivity contribution is 0.0522. The van der Waals surface area contributed by atoms with Crippen LogP contribution in [-0.4, -0.2) is 29.8 Å². The highest BCUT2D eigenvalue weighted by Gasteiger charge is 2.21. The Morgan fingerprint density at radius 1 is 1.03 bits per heavy atom. The number of aromatic nitrogens is 1. The molecule has 0 unspecified atom stereocenters. The Morgan fingerprint density at radius 2 is 1.70 bits per heavy atom. The Morgan fingerprint density at radius 3 is 2.30 bits per heavy atom. The van der Waals surface area contributed by atoms with E-state index in [1.807, 2.05) is 63.2 Å². The maximum Gasteiger partial charge on any atom is 0.407 e. The summed E-state index contributed by atoms with van der Waals surface area (Å²) >= 11 is 0. The first kappa shape index (κ1) is 27.9. The minimum atomic E-state index is -0.606. The van der Waals surface area contributed by atoms with Gasteiger partial charge in [-0.05, 0) is 61.9 Å². The predicted octanol–water partition coefficient (Wildman–Crippen LogP) is 5.88. The third-order valence-corrected chi connectivity index (χ3v) is 5.73. The zero-order chi connectivity index (χ0) is 27.2. The van der Waals surface area contributed by atoms with E-state index in [2.05, 4.69) is 19.2 Å². The molecule has 2 aromatic carbocycles. The third kappa shape index (κ3) is 7.40. The van der Waals surface area contributed by atoms with Crippen LogP contribution >= 0.6 is 0 Å². The minimum absolute atomic E-state index is 0.247. The van der Waals surface area contributed by atoms with Crippen molar-refractivity contribution in [2.75, 3.05) is 7.11 Å². The first-order valence-electron chi connectivity index (χ1n) is 12.5. The number of carbonyl (C=O) groups is 2. The number of carbonyl (C=O) groups excluding carboxylic acids is 2. The molecule has 0 aliphatic heterocycles. The van der Waals surface area contributed by atoms with Crippen LogP contribution in [0.15, 0.2) is 54.6 Å². The average molecular weight is 504 g/mol. The van der Waals surface area contributed by atoms with E-state index in [0.29, 0.717) is 35.7 Å². The van der Waals surface area contributed by atoms with Crippen LogP contribution in [0.1, 0.15) is 61.8 Å². The second kappa shape index (κ2) is 12.0. The van der Waals surface area contributed by atoms with Crippen LogP contribution in [0.25, 0.3) is 22.4 Å². The van der Waals surface area contributed by atoms with Crippen molar-refractivity contribution in [1.29, 1.82) is 0 Å². The highest BCUT2D eigenvalue weighted by molar-refractivity contribution is 5.97. The van der Waals surface area contributed by atoms with Crippen LogP contribution in [0.3, 0.4) is 0 Å². The molecular formula is C30H37N3O4. The Bertz CT molecular complexity index is 1240. The number of nitrogens with one attached hydrogen (secondary N) is 1. The van der Waals surface area contributed by atoms with E-state index in [0.717, 1.165) is 27.9 Å². The summed E-state index contributed by atoms with van der Waals surface area (Å²) < 4.78 is 10.5. The van der Waals surface area contributed by atoms with Gasteiger partial charge in [0.25, 0.3) is 0 Å². The number of rotatable bonds is 8. The van der Waals surface area contributed by atoms with Crippen LogP contribution in [0.2, 0.25) is 0 Å². The molecule has 3 aromatic rings.